The van der Waals surface area contributed by atoms with Crippen molar-refractivity contribution >= 4 is 47.0 Å². The number of alkyl halides is 3. The van der Waals surface area contributed by atoms with Crippen LogP contribution in [0.4, 0.5) is 18.9 Å². The van der Waals surface area contributed by atoms with Gasteiger partial charge in [0.15, 0.2) is 0 Å². The Morgan fingerprint density at radius 3 is 2.79 bits per heavy atom. The van der Waals surface area contributed by atoms with E-state index in [1.807, 2.05) is 0 Å². The van der Waals surface area contributed by atoms with Gasteiger partial charge in [-0.2, -0.15) is 0 Å². The number of halogens is 4. The van der Waals surface area contributed by atoms with E-state index in [1.165, 1.54) is 24.7 Å². The molecule has 0 aliphatic heterocycles. The van der Waals surface area contributed by atoms with E-state index < -0.39 is 17.8 Å². The van der Waals surface area contributed by atoms with Gasteiger partial charge in [0.25, 0.3) is 0 Å². The minimum atomic E-state index is -4.56. The third-order valence-corrected chi connectivity index (χ3v) is 5.99. The maximum absolute atomic E-state index is 13.3. The van der Waals surface area contributed by atoms with Crippen molar-refractivity contribution < 1.29 is 22.4 Å². The molecule has 1 aliphatic carbocycles. The molecular weight excluding hydrogens is 456 g/mol. The Balaban J connectivity index is 1.45. The van der Waals surface area contributed by atoms with Crippen LogP contribution in [-0.4, -0.2) is 41.4 Å². The summed E-state index contributed by atoms with van der Waals surface area (Å²) >= 11 is 6.06. The quantitative estimate of drug-likeness (QED) is 0.415. The number of hydrogen-bond acceptors (Lipinski definition) is 5. The summed E-state index contributed by atoms with van der Waals surface area (Å²) in [7, 11) is 6.20. The van der Waals surface area contributed by atoms with Gasteiger partial charge in [0.05, 0.1) is 0 Å². The fraction of sp³-hybridized carbons (Fsp3) is 0.364. The van der Waals surface area contributed by atoms with Gasteiger partial charge in [-0.05, 0) is 0 Å². The zero-order valence-corrected chi connectivity index (χ0v) is 18.2. The Bertz CT molecular complexity index is 1170. The van der Waals surface area contributed by atoms with Gasteiger partial charge in [-0.25, -0.2) is 0 Å². The second-order valence-corrected chi connectivity index (χ2v) is 8.48. The van der Waals surface area contributed by atoms with Gasteiger partial charge < -0.3 is 0 Å². The van der Waals surface area contributed by atoms with E-state index >= 15 is 0 Å². The fourth-order valence-corrected chi connectivity index (χ4v) is 4.12. The fourth-order valence-electron chi connectivity index (χ4n) is 3.95. The molecule has 6 nitrogen and oxygen atoms in total. The number of benzene rings is 1. The molecule has 3 aromatic rings. The Morgan fingerprint density at radius 1 is 1.24 bits per heavy atom. The summed E-state index contributed by atoms with van der Waals surface area (Å²) in [5.41, 5.74) is 0.232. The number of anilines is 1. The van der Waals surface area contributed by atoms with Crippen LogP contribution in [0.1, 0.15) is 41.9 Å². The van der Waals surface area contributed by atoms with Crippen LogP contribution in [0.25, 0.3) is 10.9 Å². The number of carbonyl (C=O) groups is 1. The number of fused-ring (bicyclic) bond motifs is 1. The average Bonchev–Trinajstić information content (AvgIpc) is 3.25. The zero-order chi connectivity index (χ0) is 23.6. The van der Waals surface area contributed by atoms with Gasteiger partial charge in [-0.3, -0.25) is 0 Å². The van der Waals surface area contributed by atoms with E-state index in [1.54, 1.807) is 6.07 Å². The van der Waals surface area contributed by atoms with Gasteiger partial charge in [0, 0.05) is 0 Å². The van der Waals surface area contributed by atoms with Crippen LogP contribution in [0.15, 0.2) is 41.3 Å². The minimum absolute atomic E-state index is 0.106. The Labute approximate surface area is 194 Å². The van der Waals surface area contributed by atoms with Gasteiger partial charge >= 0.3 is 194 Å². The standard InChI is InChI=1S/C22H20BClF3N4O2/c23-15-4-1-12(2-5-17(15)31-21(32)19-10-28-11-33-19)9-29-18-8-20(22(25,26)27)30-16-6-3-13(24)7-14(16)18/h3,6-8,10-12,17H,1-2,4-5,9H2,(H,29,30)(H,31,32)/t12-,17-/m0/s1. The first kappa shape index (κ1) is 23.3. The number of hydrogen-bond donors (Lipinski definition) is 2. The number of pyridine rings is 1. The van der Waals surface area contributed by atoms with Crippen molar-refractivity contribution in [2.24, 2.45) is 5.92 Å². The molecule has 4 rings (SSSR count). The Morgan fingerprint density at radius 2 is 2.06 bits per heavy atom. The first-order chi connectivity index (χ1) is 15.7. The van der Waals surface area contributed by atoms with Crippen LogP contribution in [0, 0.1) is 5.92 Å². The second-order valence-electron chi connectivity index (χ2n) is 8.04. The van der Waals surface area contributed by atoms with E-state index in [-0.39, 0.29) is 23.2 Å². The molecule has 1 fully saturated rings. The Hall–Kier alpha value is -2.88. The topological polar surface area (TPSA) is 80.0 Å². The van der Waals surface area contributed by atoms with Crippen LogP contribution >= 0.6 is 11.6 Å². The van der Waals surface area contributed by atoms with Crippen LogP contribution in [0.2, 0.25) is 5.02 Å². The van der Waals surface area contributed by atoms with Crippen molar-refractivity contribution in [2.75, 3.05) is 11.9 Å². The monoisotopic (exact) mass is 475 g/mol. The molecule has 2 N–H and O–H groups in total. The molecule has 1 saturated carbocycles. The normalized spacial score (nSPS) is 19.3. The van der Waals surface area contributed by atoms with Gasteiger partial charge in [0.2, 0.25) is 0 Å². The predicted molar refractivity (Wildman–Crippen MR) is 121 cm³/mol. The van der Waals surface area contributed by atoms with Gasteiger partial charge in [-0.15, -0.1) is 0 Å². The Kier molecular flexibility index (Phi) is 6.74. The first-order valence-corrected chi connectivity index (χ1v) is 10.8. The number of carbonyl (C=O) groups excluding carboxylic acids is 1. The van der Waals surface area contributed by atoms with E-state index in [9.17, 15) is 18.0 Å². The molecule has 2 heterocycles. The van der Waals surface area contributed by atoms with E-state index in [0.29, 0.717) is 40.9 Å². The molecule has 0 unspecified atom stereocenters. The molecule has 0 saturated heterocycles. The number of nitrogens with one attached hydrogen (secondary N) is 2. The summed E-state index contributed by atoms with van der Waals surface area (Å²) < 4.78 is 45.0. The van der Waals surface area contributed by atoms with E-state index in [2.05, 4.69) is 20.6 Å². The molecular formula is C22H20BClF3N4O2. The maximum atomic E-state index is 13.3. The number of aromatic nitrogens is 2. The number of nitrogens with zero attached hydrogens (tertiary/aromatic N) is 2. The number of amides is 1. The van der Waals surface area contributed by atoms with Crippen molar-refractivity contribution in [3.05, 3.63) is 53.3 Å². The van der Waals surface area contributed by atoms with Crippen molar-refractivity contribution in [2.45, 2.75) is 37.9 Å². The average molecular weight is 476 g/mol. The van der Waals surface area contributed by atoms with E-state index in [0.717, 1.165) is 18.9 Å². The van der Waals surface area contributed by atoms with Crippen molar-refractivity contribution in [3.63, 3.8) is 0 Å². The van der Waals surface area contributed by atoms with Crippen LogP contribution in [0.3, 0.4) is 0 Å². The molecule has 2 aromatic heterocycles. The zero-order valence-electron chi connectivity index (χ0n) is 17.5. The van der Waals surface area contributed by atoms with Crippen LogP contribution < -0.4 is 10.6 Å². The van der Waals surface area contributed by atoms with E-state index in [4.69, 9.17) is 23.5 Å². The third-order valence-electron chi connectivity index (χ3n) is 5.76. The molecule has 1 radical (unpaired) electrons. The van der Waals surface area contributed by atoms with Crippen molar-refractivity contribution in [1.82, 2.24) is 15.3 Å². The van der Waals surface area contributed by atoms with Crippen molar-refractivity contribution in [3.8, 4) is 0 Å². The van der Waals surface area contributed by atoms with Gasteiger partial charge in [-0.1, -0.05) is 0 Å². The van der Waals surface area contributed by atoms with Crippen LogP contribution in [0.5, 0.6) is 0 Å². The molecule has 1 aromatic carbocycles. The molecule has 33 heavy (non-hydrogen) atoms. The molecule has 1 amide bonds. The van der Waals surface area contributed by atoms with Crippen LogP contribution in [-0.2, 0) is 6.18 Å². The predicted octanol–water partition coefficient (Wildman–Crippen LogP) is 4.64. The third kappa shape index (κ3) is 5.55. The van der Waals surface area contributed by atoms with Crippen molar-refractivity contribution in [1.29, 1.82) is 0 Å². The summed E-state index contributed by atoms with van der Waals surface area (Å²) in [6.45, 7) is 0.443. The summed E-state index contributed by atoms with van der Waals surface area (Å²) in [5, 5.41) is 6.95. The SMILES string of the molecule is [B]=C1CC[C@H](CNc2cc(C(F)(F)F)nc3ccc(Cl)cc23)CC[C@@H]1NC(=O)c1cnco1. The number of oxazole rings is 1. The molecule has 0 bridgehead atoms. The number of rotatable bonds is 5. The summed E-state index contributed by atoms with van der Waals surface area (Å²) in [6.07, 6.45) is 0.602. The van der Waals surface area contributed by atoms with Gasteiger partial charge in [0.1, 0.15) is 0 Å². The molecule has 0 spiro atoms. The molecule has 1 aliphatic rings. The summed E-state index contributed by atoms with van der Waals surface area (Å²) in [6, 6.07) is 5.28. The molecule has 11 heteroatoms. The molecule has 2 atom stereocenters. The first-order valence-electron chi connectivity index (χ1n) is 10.4. The summed E-state index contributed by atoms with van der Waals surface area (Å²) in [4.78, 5) is 19.7. The molecule has 171 valence electrons. The second kappa shape index (κ2) is 9.55. The summed E-state index contributed by atoms with van der Waals surface area (Å²) in [5.74, 6) is -0.140.